The van der Waals surface area contributed by atoms with E-state index in [0.717, 1.165) is 25.7 Å². The van der Waals surface area contributed by atoms with Crippen molar-refractivity contribution < 1.29 is 10.2 Å². The van der Waals surface area contributed by atoms with E-state index in [2.05, 4.69) is 6.92 Å². The van der Waals surface area contributed by atoms with Gasteiger partial charge in [0.2, 0.25) is 0 Å². The predicted molar refractivity (Wildman–Crippen MR) is 51.0 cm³/mol. The zero-order valence-electron chi connectivity index (χ0n) is 8.45. The van der Waals surface area contributed by atoms with E-state index in [1.807, 2.05) is 6.92 Å². The van der Waals surface area contributed by atoms with Crippen LogP contribution in [0.1, 0.15) is 46.5 Å². The third kappa shape index (κ3) is 5.56. The highest BCUT2D eigenvalue weighted by Crippen LogP contribution is 2.15. The lowest BCUT2D eigenvalue weighted by atomic mass is 9.96. The summed E-state index contributed by atoms with van der Waals surface area (Å²) in [6.45, 7) is 5.87. The van der Waals surface area contributed by atoms with Crippen molar-refractivity contribution in [2.75, 3.05) is 0 Å². The Labute approximate surface area is 75.6 Å². The summed E-state index contributed by atoms with van der Waals surface area (Å²) in [5, 5.41) is 18.4. The van der Waals surface area contributed by atoms with Crippen molar-refractivity contribution in [1.29, 1.82) is 0 Å². The Morgan fingerprint density at radius 2 is 1.67 bits per heavy atom. The smallest absolute Gasteiger partial charge is 0.0563 e. The Hall–Kier alpha value is -0.0800. The average Bonchev–Trinajstić information content (AvgIpc) is 2.02. The number of hydrogen-bond acceptors (Lipinski definition) is 2. The van der Waals surface area contributed by atoms with Crippen LogP contribution in [-0.2, 0) is 0 Å². The fourth-order valence-electron chi connectivity index (χ4n) is 1.33. The maximum Gasteiger partial charge on any atom is 0.0563 e. The molecule has 0 aromatic carbocycles. The minimum Gasteiger partial charge on any atom is -0.393 e. The van der Waals surface area contributed by atoms with Crippen molar-refractivity contribution >= 4 is 0 Å². The van der Waals surface area contributed by atoms with Gasteiger partial charge in [0.15, 0.2) is 0 Å². The molecule has 0 rings (SSSR count). The van der Waals surface area contributed by atoms with Gasteiger partial charge in [-0.25, -0.2) is 0 Å². The van der Waals surface area contributed by atoms with Crippen LogP contribution in [0.15, 0.2) is 0 Å². The van der Waals surface area contributed by atoms with E-state index >= 15 is 0 Å². The van der Waals surface area contributed by atoms with Crippen LogP contribution in [0.25, 0.3) is 0 Å². The van der Waals surface area contributed by atoms with Gasteiger partial charge in [0.25, 0.3) is 0 Å². The molecule has 0 aliphatic rings. The molecule has 74 valence electrons. The van der Waals surface area contributed by atoms with Gasteiger partial charge >= 0.3 is 0 Å². The Balaban J connectivity index is 3.37. The lowest BCUT2D eigenvalue weighted by molar-refractivity contribution is 0.102. The monoisotopic (exact) mass is 174 g/mol. The molecule has 0 saturated carbocycles. The van der Waals surface area contributed by atoms with Gasteiger partial charge in [-0.2, -0.15) is 0 Å². The minimum atomic E-state index is -0.198. The molecule has 0 aliphatic heterocycles. The molecule has 0 aromatic rings. The van der Waals surface area contributed by atoms with Crippen molar-refractivity contribution in [1.82, 2.24) is 0 Å². The van der Waals surface area contributed by atoms with Crippen LogP contribution >= 0.6 is 0 Å². The first kappa shape index (κ1) is 11.9. The molecule has 0 amide bonds. The number of rotatable bonds is 6. The molecule has 0 saturated heterocycles. The lowest BCUT2D eigenvalue weighted by Crippen LogP contribution is -2.16. The third-order valence-electron chi connectivity index (χ3n) is 2.36. The molecule has 0 bridgehead atoms. The van der Waals surface area contributed by atoms with Gasteiger partial charge in [0, 0.05) is 0 Å². The Morgan fingerprint density at radius 3 is 2.08 bits per heavy atom. The van der Waals surface area contributed by atoms with Crippen molar-refractivity contribution in [3.8, 4) is 0 Å². The van der Waals surface area contributed by atoms with Gasteiger partial charge in [-0.15, -0.1) is 0 Å². The van der Waals surface area contributed by atoms with E-state index in [1.54, 1.807) is 6.92 Å². The van der Waals surface area contributed by atoms with E-state index in [1.165, 1.54) is 0 Å². The standard InChI is InChI=1S/C10H22O2/c1-4-10(12)8(2)6-5-7-9(3)11/h8-12H,4-7H2,1-3H3. The fraction of sp³-hybridized carbons (Fsp3) is 1.00. The van der Waals surface area contributed by atoms with E-state index in [-0.39, 0.29) is 12.2 Å². The molecule has 0 spiro atoms. The zero-order chi connectivity index (χ0) is 9.56. The summed E-state index contributed by atoms with van der Waals surface area (Å²) in [4.78, 5) is 0. The van der Waals surface area contributed by atoms with E-state index in [4.69, 9.17) is 5.11 Å². The Bertz CT molecular complexity index is 102. The van der Waals surface area contributed by atoms with E-state index < -0.39 is 0 Å². The highest BCUT2D eigenvalue weighted by molar-refractivity contribution is 4.63. The van der Waals surface area contributed by atoms with Crippen LogP contribution in [0.3, 0.4) is 0 Å². The molecular weight excluding hydrogens is 152 g/mol. The van der Waals surface area contributed by atoms with E-state index in [0.29, 0.717) is 5.92 Å². The van der Waals surface area contributed by atoms with Crippen molar-refractivity contribution in [3.63, 3.8) is 0 Å². The molecular formula is C10H22O2. The SMILES string of the molecule is CCC(O)C(C)CCCC(C)O. The second-order valence-electron chi connectivity index (χ2n) is 3.73. The molecule has 2 heteroatoms. The highest BCUT2D eigenvalue weighted by atomic mass is 16.3. The van der Waals surface area contributed by atoms with Gasteiger partial charge in [-0.1, -0.05) is 20.3 Å². The number of aliphatic hydroxyl groups excluding tert-OH is 2. The summed E-state index contributed by atoms with van der Waals surface area (Å²) < 4.78 is 0. The summed E-state index contributed by atoms with van der Waals surface area (Å²) in [5.74, 6) is 0.369. The summed E-state index contributed by atoms with van der Waals surface area (Å²) in [6.07, 6.45) is 3.34. The van der Waals surface area contributed by atoms with Gasteiger partial charge in [-0.3, -0.25) is 0 Å². The fourth-order valence-corrected chi connectivity index (χ4v) is 1.33. The van der Waals surface area contributed by atoms with Crippen molar-refractivity contribution in [3.05, 3.63) is 0 Å². The van der Waals surface area contributed by atoms with Crippen LogP contribution < -0.4 is 0 Å². The highest BCUT2D eigenvalue weighted by Gasteiger charge is 2.11. The Morgan fingerprint density at radius 1 is 1.08 bits per heavy atom. The van der Waals surface area contributed by atoms with E-state index in [9.17, 15) is 5.11 Å². The van der Waals surface area contributed by atoms with Crippen LogP contribution in [0.4, 0.5) is 0 Å². The van der Waals surface area contributed by atoms with Gasteiger partial charge in [0.1, 0.15) is 0 Å². The molecule has 0 fully saturated rings. The predicted octanol–water partition coefficient (Wildman–Crippen LogP) is 1.94. The topological polar surface area (TPSA) is 40.5 Å². The normalized spacial score (nSPS) is 18.8. The molecule has 0 radical (unpaired) electrons. The molecule has 3 atom stereocenters. The van der Waals surface area contributed by atoms with Gasteiger partial charge in [0.05, 0.1) is 12.2 Å². The molecule has 2 N–H and O–H groups in total. The van der Waals surface area contributed by atoms with Crippen molar-refractivity contribution in [2.45, 2.75) is 58.7 Å². The third-order valence-corrected chi connectivity index (χ3v) is 2.36. The summed E-state index contributed by atoms with van der Waals surface area (Å²) >= 11 is 0. The van der Waals surface area contributed by atoms with Crippen LogP contribution in [0, 0.1) is 5.92 Å². The zero-order valence-corrected chi connectivity index (χ0v) is 8.45. The molecule has 3 unspecified atom stereocenters. The van der Waals surface area contributed by atoms with Crippen molar-refractivity contribution in [2.24, 2.45) is 5.92 Å². The number of hydrogen-bond donors (Lipinski definition) is 2. The average molecular weight is 174 g/mol. The molecule has 0 aromatic heterocycles. The minimum absolute atomic E-state index is 0.168. The Kier molecular flexibility index (Phi) is 6.39. The number of aliphatic hydroxyl groups is 2. The molecule has 12 heavy (non-hydrogen) atoms. The quantitative estimate of drug-likeness (QED) is 0.646. The maximum absolute atomic E-state index is 9.43. The second kappa shape index (κ2) is 6.44. The van der Waals surface area contributed by atoms with Crippen LogP contribution in [0.5, 0.6) is 0 Å². The second-order valence-corrected chi connectivity index (χ2v) is 3.73. The summed E-state index contributed by atoms with van der Waals surface area (Å²) in [7, 11) is 0. The first-order chi connectivity index (χ1) is 5.57. The lowest BCUT2D eigenvalue weighted by Gasteiger charge is -2.17. The van der Waals surface area contributed by atoms with Crippen LogP contribution in [-0.4, -0.2) is 22.4 Å². The largest absolute Gasteiger partial charge is 0.393 e. The molecule has 0 aliphatic carbocycles. The summed E-state index contributed by atoms with van der Waals surface area (Å²) in [6, 6.07) is 0. The first-order valence-electron chi connectivity index (χ1n) is 4.94. The first-order valence-corrected chi connectivity index (χ1v) is 4.94. The van der Waals surface area contributed by atoms with Gasteiger partial charge < -0.3 is 10.2 Å². The molecule has 2 nitrogen and oxygen atoms in total. The van der Waals surface area contributed by atoms with Crippen LogP contribution in [0.2, 0.25) is 0 Å². The van der Waals surface area contributed by atoms with Gasteiger partial charge in [-0.05, 0) is 32.1 Å². The summed E-state index contributed by atoms with van der Waals surface area (Å²) in [5.41, 5.74) is 0. The maximum atomic E-state index is 9.43. The molecule has 0 heterocycles.